The second-order valence-corrected chi connectivity index (χ2v) is 4.48. The van der Waals surface area contributed by atoms with Crippen molar-refractivity contribution in [1.29, 1.82) is 0 Å². The number of rotatable bonds is 0. The number of allylic oxidation sites excluding steroid dienone is 1. The van der Waals surface area contributed by atoms with E-state index in [0.29, 0.717) is 0 Å². The molecule has 0 aromatic carbocycles. The predicted octanol–water partition coefficient (Wildman–Crippen LogP) is 3.05. The maximum Gasteiger partial charge on any atom is 0.226 e. The lowest BCUT2D eigenvalue weighted by Crippen LogP contribution is -2.28. The third-order valence-corrected chi connectivity index (χ3v) is 2.03. The molecule has 0 saturated carbocycles. The van der Waals surface area contributed by atoms with Crippen molar-refractivity contribution in [2.24, 2.45) is 0 Å². The van der Waals surface area contributed by atoms with Crippen LogP contribution in [0.25, 0.3) is 0 Å². The van der Waals surface area contributed by atoms with Gasteiger partial charge in [-0.1, -0.05) is 34.8 Å². The van der Waals surface area contributed by atoms with Crippen molar-refractivity contribution in [3.8, 4) is 0 Å². The molecule has 1 atom stereocenters. The molecule has 0 aromatic heterocycles. The average molecular weight is 201 g/mol. The first-order valence-corrected chi connectivity index (χ1v) is 4.11. The lowest BCUT2D eigenvalue weighted by Gasteiger charge is -2.25. The first-order chi connectivity index (χ1) is 4.61. The minimum absolute atomic E-state index is 0.289. The van der Waals surface area contributed by atoms with Crippen LogP contribution in [0.2, 0.25) is 0 Å². The maximum atomic E-state index is 5.58. The van der Waals surface area contributed by atoms with E-state index in [9.17, 15) is 0 Å². The molecule has 58 valence electrons. The number of halogens is 3. The molecular formula is C6H7Cl3O. The molecule has 1 aliphatic heterocycles. The predicted molar refractivity (Wildman–Crippen MR) is 43.5 cm³/mol. The highest BCUT2D eigenvalue weighted by molar-refractivity contribution is 6.68. The summed E-state index contributed by atoms with van der Waals surface area (Å²) >= 11 is 16.8. The van der Waals surface area contributed by atoms with Gasteiger partial charge in [-0.05, 0) is 18.9 Å². The maximum absolute atomic E-state index is 5.58. The summed E-state index contributed by atoms with van der Waals surface area (Å²) in [6, 6.07) is 0. The molecule has 1 aliphatic rings. The van der Waals surface area contributed by atoms with E-state index in [1.807, 2.05) is 6.08 Å². The van der Waals surface area contributed by atoms with Gasteiger partial charge in [0.15, 0.2) is 0 Å². The van der Waals surface area contributed by atoms with Gasteiger partial charge in [0, 0.05) is 0 Å². The molecule has 10 heavy (non-hydrogen) atoms. The topological polar surface area (TPSA) is 9.23 Å². The second kappa shape index (κ2) is 3.21. The van der Waals surface area contributed by atoms with E-state index in [0.717, 1.165) is 12.8 Å². The fourth-order valence-corrected chi connectivity index (χ4v) is 1.26. The Balaban J connectivity index is 2.49. The Bertz CT molecular complexity index is 138. The molecule has 0 radical (unpaired) electrons. The molecule has 0 fully saturated rings. The Morgan fingerprint density at radius 1 is 1.40 bits per heavy atom. The molecule has 0 amide bonds. The first kappa shape index (κ1) is 8.51. The Hall–Kier alpha value is 0.410. The minimum atomic E-state index is -1.29. The summed E-state index contributed by atoms with van der Waals surface area (Å²) in [5.74, 6) is 0. The standard InChI is InChI=1S/C6H7Cl3O/c7-6(8,9)5-3-1-2-4-10-5/h2,4-5H,1,3H2. The molecule has 4 heteroatoms. The Morgan fingerprint density at radius 3 is 2.40 bits per heavy atom. The van der Waals surface area contributed by atoms with E-state index in [1.165, 1.54) is 0 Å². The molecule has 0 N–H and O–H groups in total. The summed E-state index contributed by atoms with van der Waals surface area (Å²) in [6.45, 7) is 0. The van der Waals surface area contributed by atoms with Gasteiger partial charge in [-0.2, -0.15) is 0 Å². The van der Waals surface area contributed by atoms with Gasteiger partial charge in [0.1, 0.15) is 6.10 Å². The van der Waals surface area contributed by atoms with Gasteiger partial charge >= 0.3 is 0 Å². The summed E-state index contributed by atoms with van der Waals surface area (Å²) in [5.41, 5.74) is 0. The molecular weight excluding hydrogens is 194 g/mol. The summed E-state index contributed by atoms with van der Waals surface area (Å²) < 4.78 is 3.78. The quantitative estimate of drug-likeness (QED) is 0.548. The Labute approximate surface area is 74.9 Å². The zero-order valence-corrected chi connectivity index (χ0v) is 7.46. The number of hydrogen-bond donors (Lipinski definition) is 0. The summed E-state index contributed by atoms with van der Waals surface area (Å²) in [6.07, 6.45) is 4.89. The van der Waals surface area contributed by atoms with Crippen LogP contribution >= 0.6 is 34.8 Å². The second-order valence-electron chi connectivity index (χ2n) is 2.12. The first-order valence-electron chi connectivity index (χ1n) is 2.98. The molecule has 0 aliphatic carbocycles. The highest BCUT2D eigenvalue weighted by Crippen LogP contribution is 2.35. The zero-order valence-electron chi connectivity index (χ0n) is 5.19. The van der Waals surface area contributed by atoms with Crippen LogP contribution in [-0.4, -0.2) is 9.90 Å². The SMILES string of the molecule is ClC(Cl)(Cl)C1CCC=CO1. The number of alkyl halides is 3. The van der Waals surface area contributed by atoms with Crippen molar-refractivity contribution in [3.63, 3.8) is 0 Å². The largest absolute Gasteiger partial charge is 0.494 e. The molecule has 1 unspecified atom stereocenters. The van der Waals surface area contributed by atoms with Crippen molar-refractivity contribution in [2.75, 3.05) is 0 Å². The summed E-state index contributed by atoms with van der Waals surface area (Å²) in [5, 5.41) is 0. The molecule has 0 saturated heterocycles. The fraction of sp³-hybridized carbons (Fsp3) is 0.667. The molecule has 1 heterocycles. The van der Waals surface area contributed by atoms with Gasteiger partial charge in [-0.3, -0.25) is 0 Å². The van der Waals surface area contributed by atoms with Crippen LogP contribution in [0.1, 0.15) is 12.8 Å². The van der Waals surface area contributed by atoms with Gasteiger partial charge in [0.25, 0.3) is 0 Å². The smallest absolute Gasteiger partial charge is 0.226 e. The van der Waals surface area contributed by atoms with Crippen molar-refractivity contribution < 1.29 is 4.74 Å². The van der Waals surface area contributed by atoms with Crippen LogP contribution in [0.4, 0.5) is 0 Å². The Morgan fingerprint density at radius 2 is 2.10 bits per heavy atom. The van der Waals surface area contributed by atoms with E-state index >= 15 is 0 Å². The van der Waals surface area contributed by atoms with E-state index in [4.69, 9.17) is 39.5 Å². The van der Waals surface area contributed by atoms with E-state index in [2.05, 4.69) is 0 Å². The minimum Gasteiger partial charge on any atom is -0.494 e. The summed E-state index contributed by atoms with van der Waals surface area (Å²) in [7, 11) is 0. The van der Waals surface area contributed by atoms with Gasteiger partial charge < -0.3 is 4.74 Å². The monoisotopic (exact) mass is 200 g/mol. The molecule has 0 bridgehead atoms. The van der Waals surface area contributed by atoms with E-state index < -0.39 is 3.79 Å². The van der Waals surface area contributed by atoms with Crippen LogP contribution in [0.3, 0.4) is 0 Å². The molecule has 1 rings (SSSR count). The number of hydrogen-bond acceptors (Lipinski definition) is 1. The van der Waals surface area contributed by atoms with Crippen LogP contribution in [0, 0.1) is 0 Å². The van der Waals surface area contributed by atoms with E-state index in [-0.39, 0.29) is 6.10 Å². The lowest BCUT2D eigenvalue weighted by molar-refractivity contribution is 0.127. The van der Waals surface area contributed by atoms with Gasteiger partial charge in [-0.15, -0.1) is 0 Å². The fourth-order valence-electron chi connectivity index (χ4n) is 0.775. The van der Waals surface area contributed by atoms with Gasteiger partial charge in [-0.25, -0.2) is 0 Å². The highest BCUT2D eigenvalue weighted by Gasteiger charge is 2.33. The van der Waals surface area contributed by atoms with Gasteiger partial charge in [0.05, 0.1) is 6.26 Å². The van der Waals surface area contributed by atoms with Crippen molar-refractivity contribution >= 4 is 34.8 Å². The van der Waals surface area contributed by atoms with Crippen LogP contribution in [0.15, 0.2) is 12.3 Å². The van der Waals surface area contributed by atoms with Crippen molar-refractivity contribution in [1.82, 2.24) is 0 Å². The molecule has 1 nitrogen and oxygen atoms in total. The van der Waals surface area contributed by atoms with Crippen molar-refractivity contribution in [3.05, 3.63) is 12.3 Å². The molecule has 0 spiro atoms. The Kier molecular flexibility index (Phi) is 2.73. The summed E-state index contributed by atoms with van der Waals surface area (Å²) in [4.78, 5) is 0. The zero-order chi connectivity index (χ0) is 7.61. The van der Waals surface area contributed by atoms with Gasteiger partial charge in [0.2, 0.25) is 3.79 Å². The average Bonchev–Trinajstić information content (AvgIpc) is 1.88. The van der Waals surface area contributed by atoms with Crippen LogP contribution in [-0.2, 0) is 4.74 Å². The van der Waals surface area contributed by atoms with Crippen LogP contribution < -0.4 is 0 Å². The lowest BCUT2D eigenvalue weighted by atomic mass is 10.2. The molecule has 0 aromatic rings. The van der Waals surface area contributed by atoms with E-state index in [1.54, 1.807) is 6.26 Å². The highest BCUT2D eigenvalue weighted by atomic mass is 35.6. The third-order valence-electron chi connectivity index (χ3n) is 1.30. The van der Waals surface area contributed by atoms with Crippen molar-refractivity contribution in [2.45, 2.75) is 22.7 Å². The normalized spacial score (nSPS) is 26.1. The van der Waals surface area contributed by atoms with Crippen LogP contribution in [0.5, 0.6) is 0 Å². The number of ether oxygens (including phenoxy) is 1. The third kappa shape index (κ3) is 2.22.